The summed E-state index contributed by atoms with van der Waals surface area (Å²) in [5, 5.41) is 12.3. The third kappa shape index (κ3) is 4.13. The molecule has 1 aromatic carbocycles. The van der Waals surface area contributed by atoms with Gasteiger partial charge in [-0.1, -0.05) is 6.07 Å². The monoisotopic (exact) mass is 267 g/mol. The standard InChI is InChI=1S/C14H21NO4/c1-5-19-11-7-6-10(8-12(11)18-4)13(14(16)17)15-9(2)3/h6-9,13,15H,5H2,1-4H3,(H,16,17). The summed E-state index contributed by atoms with van der Waals surface area (Å²) in [6, 6.07) is 4.47. The zero-order chi connectivity index (χ0) is 14.4. The van der Waals surface area contributed by atoms with Gasteiger partial charge in [-0.25, -0.2) is 0 Å². The lowest BCUT2D eigenvalue weighted by Crippen LogP contribution is -2.33. The van der Waals surface area contributed by atoms with Crippen LogP contribution in [-0.4, -0.2) is 30.8 Å². The van der Waals surface area contributed by atoms with Crippen LogP contribution in [0.3, 0.4) is 0 Å². The number of rotatable bonds is 7. The minimum absolute atomic E-state index is 0.0682. The molecule has 1 atom stereocenters. The van der Waals surface area contributed by atoms with Crippen molar-refractivity contribution in [2.24, 2.45) is 0 Å². The van der Waals surface area contributed by atoms with E-state index in [1.54, 1.807) is 18.2 Å². The van der Waals surface area contributed by atoms with E-state index >= 15 is 0 Å². The first-order valence-corrected chi connectivity index (χ1v) is 6.29. The second kappa shape index (κ2) is 6.99. The van der Waals surface area contributed by atoms with Gasteiger partial charge in [0, 0.05) is 6.04 Å². The van der Waals surface area contributed by atoms with Gasteiger partial charge in [0.05, 0.1) is 13.7 Å². The molecule has 5 heteroatoms. The number of methoxy groups -OCH3 is 1. The summed E-state index contributed by atoms with van der Waals surface area (Å²) in [6.07, 6.45) is 0. The van der Waals surface area contributed by atoms with Crippen LogP contribution in [0, 0.1) is 0 Å². The van der Waals surface area contributed by atoms with Gasteiger partial charge in [0.25, 0.3) is 0 Å². The predicted octanol–water partition coefficient (Wildman–Crippen LogP) is 2.22. The molecule has 0 aromatic heterocycles. The van der Waals surface area contributed by atoms with E-state index in [2.05, 4.69) is 5.32 Å². The molecule has 0 amide bonds. The maximum Gasteiger partial charge on any atom is 0.325 e. The molecule has 0 aliphatic carbocycles. The second-order valence-corrected chi connectivity index (χ2v) is 4.44. The molecule has 0 heterocycles. The van der Waals surface area contributed by atoms with E-state index in [0.29, 0.717) is 23.7 Å². The van der Waals surface area contributed by atoms with Gasteiger partial charge in [0.1, 0.15) is 6.04 Å². The van der Waals surface area contributed by atoms with E-state index in [-0.39, 0.29) is 6.04 Å². The van der Waals surface area contributed by atoms with Crippen molar-refractivity contribution in [3.8, 4) is 11.5 Å². The van der Waals surface area contributed by atoms with E-state index in [4.69, 9.17) is 9.47 Å². The van der Waals surface area contributed by atoms with Gasteiger partial charge < -0.3 is 14.6 Å². The molecule has 1 aromatic rings. The zero-order valence-corrected chi connectivity index (χ0v) is 11.8. The molecule has 0 spiro atoms. The molecule has 0 fully saturated rings. The first-order chi connectivity index (χ1) is 8.99. The van der Waals surface area contributed by atoms with Crippen molar-refractivity contribution >= 4 is 5.97 Å². The highest BCUT2D eigenvalue weighted by Crippen LogP contribution is 2.30. The first-order valence-electron chi connectivity index (χ1n) is 6.29. The lowest BCUT2D eigenvalue weighted by Gasteiger charge is -2.19. The van der Waals surface area contributed by atoms with Gasteiger partial charge in [-0.05, 0) is 38.5 Å². The van der Waals surface area contributed by atoms with Crippen molar-refractivity contribution in [1.29, 1.82) is 0 Å². The van der Waals surface area contributed by atoms with Gasteiger partial charge in [-0.2, -0.15) is 0 Å². The molecule has 0 saturated heterocycles. The number of carbonyl (C=O) groups is 1. The fourth-order valence-electron chi connectivity index (χ4n) is 1.78. The van der Waals surface area contributed by atoms with Gasteiger partial charge in [0.2, 0.25) is 0 Å². The number of hydrogen-bond donors (Lipinski definition) is 2. The SMILES string of the molecule is CCOc1ccc(C(NC(C)C)C(=O)O)cc1OC. The average molecular weight is 267 g/mol. The van der Waals surface area contributed by atoms with Crippen molar-refractivity contribution in [3.05, 3.63) is 23.8 Å². The third-order valence-corrected chi connectivity index (χ3v) is 2.57. The smallest absolute Gasteiger partial charge is 0.325 e. The normalized spacial score (nSPS) is 12.3. The number of carboxylic acid groups (broad SMARTS) is 1. The summed E-state index contributed by atoms with van der Waals surface area (Å²) in [7, 11) is 1.54. The Morgan fingerprint density at radius 1 is 1.37 bits per heavy atom. The van der Waals surface area contributed by atoms with Crippen LogP contribution >= 0.6 is 0 Å². The van der Waals surface area contributed by atoms with Crippen LogP contribution in [0.25, 0.3) is 0 Å². The Balaban J connectivity index is 3.07. The fourth-order valence-corrected chi connectivity index (χ4v) is 1.78. The topological polar surface area (TPSA) is 67.8 Å². The van der Waals surface area contributed by atoms with Crippen LogP contribution in [0.4, 0.5) is 0 Å². The number of hydrogen-bond acceptors (Lipinski definition) is 4. The number of benzene rings is 1. The van der Waals surface area contributed by atoms with Crippen LogP contribution < -0.4 is 14.8 Å². The first kappa shape index (κ1) is 15.3. The zero-order valence-electron chi connectivity index (χ0n) is 11.8. The van der Waals surface area contributed by atoms with Crippen molar-refractivity contribution < 1.29 is 19.4 Å². The molecule has 0 aliphatic heterocycles. The summed E-state index contributed by atoms with van der Waals surface area (Å²) in [4.78, 5) is 11.3. The highest BCUT2D eigenvalue weighted by molar-refractivity contribution is 5.76. The van der Waals surface area contributed by atoms with E-state index in [1.165, 1.54) is 7.11 Å². The Bertz CT molecular complexity index is 431. The predicted molar refractivity (Wildman–Crippen MR) is 72.8 cm³/mol. The summed E-state index contributed by atoms with van der Waals surface area (Å²) in [6.45, 7) is 6.22. The van der Waals surface area contributed by atoms with Crippen molar-refractivity contribution in [3.63, 3.8) is 0 Å². The van der Waals surface area contributed by atoms with Crippen molar-refractivity contribution in [2.45, 2.75) is 32.9 Å². The number of nitrogens with one attached hydrogen (secondary N) is 1. The summed E-state index contributed by atoms with van der Waals surface area (Å²) in [5.74, 6) is 0.235. The molecule has 0 saturated carbocycles. The highest BCUT2D eigenvalue weighted by Gasteiger charge is 2.21. The second-order valence-electron chi connectivity index (χ2n) is 4.44. The summed E-state index contributed by atoms with van der Waals surface area (Å²) < 4.78 is 10.6. The summed E-state index contributed by atoms with van der Waals surface area (Å²) >= 11 is 0. The molecule has 0 bridgehead atoms. The Labute approximate surface area is 113 Å². The lowest BCUT2D eigenvalue weighted by atomic mass is 10.1. The number of aliphatic carboxylic acids is 1. The van der Waals surface area contributed by atoms with E-state index in [0.717, 1.165) is 0 Å². The Morgan fingerprint density at radius 2 is 2.05 bits per heavy atom. The van der Waals surface area contributed by atoms with Gasteiger partial charge in [-0.15, -0.1) is 0 Å². The van der Waals surface area contributed by atoms with E-state index in [1.807, 2.05) is 20.8 Å². The molecule has 1 unspecified atom stereocenters. The minimum Gasteiger partial charge on any atom is -0.493 e. The van der Waals surface area contributed by atoms with E-state index in [9.17, 15) is 9.90 Å². The molecule has 0 aliphatic rings. The average Bonchev–Trinajstić information content (AvgIpc) is 2.36. The van der Waals surface area contributed by atoms with Crippen LogP contribution in [0.5, 0.6) is 11.5 Å². The third-order valence-electron chi connectivity index (χ3n) is 2.57. The van der Waals surface area contributed by atoms with Crippen LogP contribution in [0.15, 0.2) is 18.2 Å². The molecule has 5 nitrogen and oxygen atoms in total. The number of carboxylic acids is 1. The van der Waals surface area contributed by atoms with Gasteiger partial charge in [-0.3, -0.25) is 10.1 Å². The molecular weight excluding hydrogens is 246 g/mol. The molecular formula is C14H21NO4. The maximum atomic E-state index is 11.3. The van der Waals surface area contributed by atoms with Gasteiger partial charge in [0.15, 0.2) is 11.5 Å². The Hall–Kier alpha value is -1.75. The molecule has 0 radical (unpaired) electrons. The Kier molecular flexibility index (Phi) is 5.63. The van der Waals surface area contributed by atoms with E-state index < -0.39 is 12.0 Å². The molecule has 19 heavy (non-hydrogen) atoms. The van der Waals surface area contributed by atoms with Crippen molar-refractivity contribution in [1.82, 2.24) is 5.32 Å². The lowest BCUT2D eigenvalue weighted by molar-refractivity contribution is -0.139. The highest BCUT2D eigenvalue weighted by atomic mass is 16.5. The number of ether oxygens (including phenoxy) is 2. The molecule has 106 valence electrons. The van der Waals surface area contributed by atoms with Crippen LogP contribution in [-0.2, 0) is 4.79 Å². The maximum absolute atomic E-state index is 11.3. The largest absolute Gasteiger partial charge is 0.493 e. The molecule has 2 N–H and O–H groups in total. The summed E-state index contributed by atoms with van der Waals surface area (Å²) in [5.41, 5.74) is 0.640. The van der Waals surface area contributed by atoms with Gasteiger partial charge >= 0.3 is 5.97 Å². The van der Waals surface area contributed by atoms with Crippen LogP contribution in [0.1, 0.15) is 32.4 Å². The minimum atomic E-state index is -0.917. The fraction of sp³-hybridized carbons (Fsp3) is 0.500. The van der Waals surface area contributed by atoms with Crippen molar-refractivity contribution in [2.75, 3.05) is 13.7 Å². The molecule has 1 rings (SSSR count). The Morgan fingerprint density at radius 3 is 2.53 bits per heavy atom. The van der Waals surface area contributed by atoms with Crippen LogP contribution in [0.2, 0.25) is 0 Å². The quantitative estimate of drug-likeness (QED) is 0.793.